The van der Waals surface area contributed by atoms with E-state index in [1.807, 2.05) is 4.90 Å². The van der Waals surface area contributed by atoms with Gasteiger partial charge in [0.15, 0.2) is 11.5 Å². The lowest BCUT2D eigenvalue weighted by atomic mass is 10.1. The topological polar surface area (TPSA) is 67.8 Å². The van der Waals surface area contributed by atoms with Crippen molar-refractivity contribution in [3.8, 4) is 11.5 Å². The fraction of sp³-hybridized carbons (Fsp3) is 0.476. The van der Waals surface area contributed by atoms with Crippen molar-refractivity contribution >= 4 is 23.5 Å². The third kappa shape index (κ3) is 5.29. The summed E-state index contributed by atoms with van der Waals surface area (Å²) in [4.78, 5) is 25.4. The van der Waals surface area contributed by atoms with Gasteiger partial charge in [0.25, 0.3) is 5.91 Å². The van der Waals surface area contributed by atoms with Crippen LogP contribution in [0.1, 0.15) is 30.6 Å². The van der Waals surface area contributed by atoms with Gasteiger partial charge in [0, 0.05) is 44.1 Å². The number of benzene rings is 1. The average molecular weight is 419 g/mol. The molecule has 0 N–H and O–H groups in total. The number of amides is 1. The van der Waals surface area contributed by atoms with Gasteiger partial charge < -0.3 is 19.3 Å². The van der Waals surface area contributed by atoms with E-state index in [1.165, 1.54) is 0 Å². The van der Waals surface area contributed by atoms with Gasteiger partial charge in [-0.1, -0.05) is 25.4 Å². The van der Waals surface area contributed by atoms with E-state index in [-0.39, 0.29) is 5.91 Å². The molecule has 0 spiro atoms. The molecule has 1 aromatic carbocycles. The molecule has 1 amide bonds. The van der Waals surface area contributed by atoms with Crippen molar-refractivity contribution in [2.45, 2.75) is 20.3 Å². The summed E-state index contributed by atoms with van der Waals surface area (Å²) in [7, 11) is 1.55. The normalized spacial score (nSPS) is 14.2. The Balaban J connectivity index is 1.67. The molecule has 0 aliphatic carbocycles. The number of carbonyl (C=O) groups is 1. The second-order valence-corrected chi connectivity index (χ2v) is 7.76. The van der Waals surface area contributed by atoms with E-state index in [4.69, 9.17) is 21.1 Å². The summed E-state index contributed by atoms with van der Waals surface area (Å²) in [5.41, 5.74) is 0.493. The Morgan fingerprint density at radius 3 is 2.48 bits per heavy atom. The molecule has 156 valence electrons. The van der Waals surface area contributed by atoms with Crippen molar-refractivity contribution in [1.82, 2.24) is 14.9 Å². The van der Waals surface area contributed by atoms with E-state index in [1.54, 1.807) is 37.7 Å². The molecule has 8 heteroatoms. The average Bonchev–Trinajstić information content (AvgIpc) is 2.74. The second-order valence-electron chi connectivity index (χ2n) is 7.35. The number of rotatable bonds is 7. The number of halogens is 1. The van der Waals surface area contributed by atoms with E-state index in [0.29, 0.717) is 66.7 Å². The maximum Gasteiger partial charge on any atom is 0.254 e. The Morgan fingerprint density at radius 1 is 1.17 bits per heavy atom. The van der Waals surface area contributed by atoms with Gasteiger partial charge in [-0.3, -0.25) is 4.79 Å². The van der Waals surface area contributed by atoms with E-state index < -0.39 is 0 Å². The predicted octanol–water partition coefficient (Wildman–Crippen LogP) is 3.53. The molecule has 1 fully saturated rings. The van der Waals surface area contributed by atoms with E-state index in [0.717, 1.165) is 6.42 Å². The van der Waals surface area contributed by atoms with Crippen molar-refractivity contribution < 1.29 is 14.3 Å². The molecule has 0 atom stereocenters. The molecular formula is C21H27ClN4O3. The lowest BCUT2D eigenvalue weighted by Crippen LogP contribution is -2.49. The lowest BCUT2D eigenvalue weighted by Gasteiger charge is -2.34. The van der Waals surface area contributed by atoms with Crippen molar-refractivity contribution in [2.24, 2.45) is 5.92 Å². The van der Waals surface area contributed by atoms with E-state index in [2.05, 4.69) is 28.7 Å². The van der Waals surface area contributed by atoms with E-state index >= 15 is 0 Å². The Labute approximate surface area is 176 Å². The first kappa shape index (κ1) is 21.2. The SMILES string of the molecule is COc1cc(C(=O)N2CCN(c3ncccn3)CC2)cc(Cl)c1OCCC(C)C. The van der Waals surface area contributed by atoms with Crippen LogP contribution in [0, 0.1) is 5.92 Å². The summed E-state index contributed by atoms with van der Waals surface area (Å²) in [6.07, 6.45) is 4.35. The Hall–Kier alpha value is -2.54. The summed E-state index contributed by atoms with van der Waals surface area (Å²) in [5.74, 6) is 2.10. The summed E-state index contributed by atoms with van der Waals surface area (Å²) < 4.78 is 11.2. The van der Waals surface area contributed by atoms with Crippen LogP contribution < -0.4 is 14.4 Å². The third-order valence-corrected chi connectivity index (χ3v) is 5.10. The molecule has 7 nitrogen and oxygen atoms in total. The number of piperazine rings is 1. The predicted molar refractivity (Wildman–Crippen MR) is 113 cm³/mol. The Bertz CT molecular complexity index is 824. The molecule has 1 aromatic heterocycles. The molecule has 0 bridgehead atoms. The molecule has 2 heterocycles. The molecule has 0 radical (unpaired) electrons. The van der Waals surface area contributed by atoms with Crippen LogP contribution in [-0.2, 0) is 0 Å². The Morgan fingerprint density at radius 2 is 1.86 bits per heavy atom. The van der Waals surface area contributed by atoms with Crippen LogP contribution in [0.25, 0.3) is 0 Å². The zero-order valence-corrected chi connectivity index (χ0v) is 17.9. The van der Waals surface area contributed by atoms with Gasteiger partial charge in [-0.15, -0.1) is 0 Å². The second kappa shape index (κ2) is 9.78. The number of nitrogens with zero attached hydrogens (tertiary/aromatic N) is 4. The largest absolute Gasteiger partial charge is 0.493 e. The first-order valence-corrected chi connectivity index (χ1v) is 10.2. The molecule has 0 unspecified atom stereocenters. The standard InChI is InChI=1S/C21H27ClN4O3/c1-15(2)5-12-29-19-17(22)13-16(14-18(19)28-3)20(27)25-8-10-26(11-9-25)21-23-6-4-7-24-21/h4,6-7,13-15H,5,8-12H2,1-3H3. The van der Waals surface area contributed by atoms with Crippen molar-refractivity contribution in [1.29, 1.82) is 0 Å². The first-order chi connectivity index (χ1) is 14.0. The molecule has 1 aliphatic heterocycles. The van der Waals surface area contributed by atoms with Gasteiger partial charge in [0.05, 0.1) is 18.7 Å². The smallest absolute Gasteiger partial charge is 0.254 e. The molecule has 3 rings (SSSR count). The van der Waals surface area contributed by atoms with Crippen LogP contribution in [0.2, 0.25) is 5.02 Å². The van der Waals surface area contributed by atoms with Gasteiger partial charge in [0.2, 0.25) is 5.95 Å². The molecule has 1 aliphatic rings. The summed E-state index contributed by atoms with van der Waals surface area (Å²) in [6, 6.07) is 5.14. The maximum absolute atomic E-state index is 13.0. The minimum Gasteiger partial charge on any atom is -0.493 e. The van der Waals surface area contributed by atoms with Crippen LogP contribution in [0.3, 0.4) is 0 Å². The summed E-state index contributed by atoms with van der Waals surface area (Å²) >= 11 is 6.41. The minimum absolute atomic E-state index is 0.0763. The molecule has 1 saturated heterocycles. The number of anilines is 1. The van der Waals surface area contributed by atoms with Gasteiger partial charge in [0.1, 0.15) is 0 Å². The lowest BCUT2D eigenvalue weighted by molar-refractivity contribution is 0.0745. The number of hydrogen-bond acceptors (Lipinski definition) is 6. The highest BCUT2D eigenvalue weighted by molar-refractivity contribution is 6.32. The highest BCUT2D eigenvalue weighted by Gasteiger charge is 2.25. The number of hydrogen-bond donors (Lipinski definition) is 0. The number of aromatic nitrogens is 2. The molecule has 29 heavy (non-hydrogen) atoms. The van der Waals surface area contributed by atoms with Gasteiger partial charge in [-0.2, -0.15) is 0 Å². The fourth-order valence-electron chi connectivity index (χ4n) is 3.13. The monoisotopic (exact) mass is 418 g/mol. The van der Waals surface area contributed by atoms with Crippen molar-refractivity contribution in [3.05, 3.63) is 41.2 Å². The highest BCUT2D eigenvalue weighted by atomic mass is 35.5. The number of carbonyl (C=O) groups excluding carboxylic acids is 1. The zero-order valence-electron chi connectivity index (χ0n) is 17.1. The van der Waals surface area contributed by atoms with Crippen molar-refractivity contribution in [2.75, 3.05) is 44.8 Å². The van der Waals surface area contributed by atoms with Gasteiger partial charge >= 0.3 is 0 Å². The van der Waals surface area contributed by atoms with Gasteiger partial charge in [-0.25, -0.2) is 9.97 Å². The van der Waals surface area contributed by atoms with Crippen LogP contribution in [0.15, 0.2) is 30.6 Å². The maximum atomic E-state index is 13.0. The molecule has 2 aromatic rings. The van der Waals surface area contributed by atoms with Crippen LogP contribution >= 0.6 is 11.6 Å². The Kier molecular flexibility index (Phi) is 7.14. The van der Waals surface area contributed by atoms with Crippen LogP contribution in [0.4, 0.5) is 5.95 Å². The fourth-order valence-corrected chi connectivity index (χ4v) is 3.39. The van der Waals surface area contributed by atoms with Gasteiger partial charge in [-0.05, 0) is 30.5 Å². The third-order valence-electron chi connectivity index (χ3n) is 4.82. The van der Waals surface area contributed by atoms with Crippen LogP contribution in [0.5, 0.6) is 11.5 Å². The quantitative estimate of drug-likeness (QED) is 0.685. The highest BCUT2D eigenvalue weighted by Crippen LogP contribution is 2.37. The van der Waals surface area contributed by atoms with E-state index in [9.17, 15) is 4.79 Å². The molecule has 0 saturated carbocycles. The summed E-state index contributed by atoms with van der Waals surface area (Å²) in [5, 5.41) is 0.382. The summed E-state index contributed by atoms with van der Waals surface area (Å²) in [6.45, 7) is 7.34. The minimum atomic E-state index is -0.0763. The number of ether oxygens (including phenoxy) is 2. The molecular weight excluding hydrogens is 392 g/mol. The van der Waals surface area contributed by atoms with Crippen LogP contribution in [-0.4, -0.2) is 60.7 Å². The van der Waals surface area contributed by atoms with Crippen molar-refractivity contribution in [3.63, 3.8) is 0 Å². The zero-order chi connectivity index (χ0) is 20.8. The first-order valence-electron chi connectivity index (χ1n) is 9.81. The number of methoxy groups -OCH3 is 1.